The molecular formula is C13H20N6O. The molecule has 0 bridgehead atoms. The molecule has 0 aliphatic rings. The molecule has 1 amide bonds. The zero-order valence-electron chi connectivity index (χ0n) is 11.8. The molecule has 0 spiro atoms. The van der Waals surface area contributed by atoms with Crippen molar-refractivity contribution in [3.63, 3.8) is 0 Å². The molecule has 0 aliphatic heterocycles. The van der Waals surface area contributed by atoms with Crippen molar-refractivity contribution >= 4 is 5.91 Å². The van der Waals surface area contributed by atoms with Crippen LogP contribution in [0.2, 0.25) is 0 Å². The van der Waals surface area contributed by atoms with Crippen LogP contribution < -0.4 is 5.32 Å². The summed E-state index contributed by atoms with van der Waals surface area (Å²) in [6.07, 6.45) is 9.22. The molecule has 2 aromatic heterocycles. The maximum Gasteiger partial charge on any atom is 0.222 e. The molecule has 0 radical (unpaired) electrons. The third-order valence-corrected chi connectivity index (χ3v) is 3.21. The van der Waals surface area contributed by atoms with Gasteiger partial charge in [0.1, 0.15) is 12.2 Å². The highest BCUT2D eigenvalue weighted by Gasteiger charge is 2.17. The van der Waals surface area contributed by atoms with E-state index in [-0.39, 0.29) is 18.0 Å². The van der Waals surface area contributed by atoms with Crippen LogP contribution in [-0.4, -0.2) is 30.6 Å². The van der Waals surface area contributed by atoms with Gasteiger partial charge >= 0.3 is 0 Å². The first-order valence-electron chi connectivity index (χ1n) is 6.82. The first-order valence-corrected chi connectivity index (χ1v) is 6.82. The fraction of sp³-hybridized carbons (Fsp3) is 0.538. The summed E-state index contributed by atoms with van der Waals surface area (Å²) in [6, 6.07) is -0.0283. The van der Waals surface area contributed by atoms with Crippen molar-refractivity contribution in [2.45, 2.75) is 45.2 Å². The monoisotopic (exact) mass is 276 g/mol. The number of aromatic amines is 1. The maximum atomic E-state index is 12.1. The van der Waals surface area contributed by atoms with Gasteiger partial charge in [0.2, 0.25) is 5.91 Å². The molecule has 7 heteroatoms. The molecule has 2 heterocycles. The van der Waals surface area contributed by atoms with Crippen molar-refractivity contribution in [2.75, 3.05) is 0 Å². The molecule has 2 unspecified atom stereocenters. The van der Waals surface area contributed by atoms with Gasteiger partial charge in [-0.25, -0.2) is 9.97 Å². The second kappa shape index (κ2) is 6.83. The van der Waals surface area contributed by atoms with Crippen LogP contribution in [0.25, 0.3) is 0 Å². The largest absolute Gasteiger partial charge is 0.346 e. The van der Waals surface area contributed by atoms with E-state index in [0.29, 0.717) is 12.2 Å². The van der Waals surface area contributed by atoms with E-state index in [1.54, 1.807) is 12.5 Å². The number of imidazole rings is 1. The minimum atomic E-state index is -0.171. The average Bonchev–Trinajstić information content (AvgIpc) is 3.11. The predicted octanol–water partition coefficient (Wildman–Crippen LogP) is 1.61. The Morgan fingerprint density at radius 2 is 2.40 bits per heavy atom. The third-order valence-electron chi connectivity index (χ3n) is 3.21. The summed E-state index contributed by atoms with van der Waals surface area (Å²) in [5, 5.41) is 9.47. The van der Waals surface area contributed by atoms with Gasteiger partial charge in [-0.2, -0.15) is 5.10 Å². The number of hydrogen-bond acceptors (Lipinski definition) is 4. The highest BCUT2D eigenvalue weighted by atomic mass is 16.1. The lowest BCUT2D eigenvalue weighted by Gasteiger charge is -2.18. The number of carbonyl (C=O) groups excluding carboxylic acids is 1. The summed E-state index contributed by atoms with van der Waals surface area (Å²) in [6.45, 7) is 3.99. The van der Waals surface area contributed by atoms with E-state index >= 15 is 0 Å². The summed E-state index contributed by atoms with van der Waals surface area (Å²) < 4.78 is 1.99. The highest BCUT2D eigenvalue weighted by Crippen LogP contribution is 2.18. The molecule has 2 aromatic rings. The molecule has 0 saturated heterocycles. The quantitative estimate of drug-likeness (QED) is 0.804. The molecule has 0 aromatic carbocycles. The third kappa shape index (κ3) is 3.66. The summed E-state index contributed by atoms with van der Waals surface area (Å²) >= 11 is 0. The van der Waals surface area contributed by atoms with E-state index in [4.69, 9.17) is 0 Å². The fourth-order valence-corrected chi connectivity index (χ4v) is 2.18. The minimum Gasteiger partial charge on any atom is -0.346 e. The zero-order chi connectivity index (χ0) is 14.4. The Morgan fingerprint density at radius 3 is 3.00 bits per heavy atom. The van der Waals surface area contributed by atoms with Crippen LogP contribution in [0.5, 0.6) is 0 Å². The lowest BCUT2D eigenvalue weighted by molar-refractivity contribution is -0.122. The Balaban J connectivity index is 1.92. The number of carbonyl (C=O) groups is 1. The van der Waals surface area contributed by atoms with Crippen molar-refractivity contribution in [1.29, 1.82) is 0 Å². The topological polar surface area (TPSA) is 88.5 Å². The summed E-state index contributed by atoms with van der Waals surface area (Å²) in [4.78, 5) is 20.2. The number of rotatable bonds is 7. The van der Waals surface area contributed by atoms with Crippen molar-refractivity contribution in [3.05, 3.63) is 30.9 Å². The smallest absolute Gasteiger partial charge is 0.222 e. The molecule has 7 nitrogen and oxygen atoms in total. The molecule has 0 fully saturated rings. The van der Waals surface area contributed by atoms with E-state index in [2.05, 4.69) is 32.4 Å². The SMILES string of the molecule is CCCC(CC(=O)NC(C)c1ncn[nH]1)n1ccnc1. The predicted molar refractivity (Wildman–Crippen MR) is 73.7 cm³/mol. The van der Waals surface area contributed by atoms with Crippen molar-refractivity contribution in [3.8, 4) is 0 Å². The zero-order valence-corrected chi connectivity index (χ0v) is 11.8. The molecule has 2 atom stereocenters. The minimum absolute atomic E-state index is 0.000972. The summed E-state index contributed by atoms with van der Waals surface area (Å²) in [5.74, 6) is 0.661. The van der Waals surface area contributed by atoms with Crippen molar-refractivity contribution < 1.29 is 4.79 Å². The Hall–Kier alpha value is -2.18. The first-order chi connectivity index (χ1) is 9.70. The van der Waals surface area contributed by atoms with E-state index in [1.165, 1.54) is 6.33 Å². The summed E-state index contributed by atoms with van der Waals surface area (Å²) in [7, 11) is 0. The number of nitrogens with one attached hydrogen (secondary N) is 2. The van der Waals surface area contributed by atoms with Gasteiger partial charge < -0.3 is 9.88 Å². The van der Waals surface area contributed by atoms with E-state index in [0.717, 1.165) is 12.8 Å². The molecule has 2 rings (SSSR count). The van der Waals surface area contributed by atoms with Crippen LogP contribution in [0.3, 0.4) is 0 Å². The van der Waals surface area contributed by atoms with Crippen LogP contribution in [-0.2, 0) is 4.79 Å². The van der Waals surface area contributed by atoms with Gasteiger partial charge in [0.05, 0.1) is 12.4 Å². The van der Waals surface area contributed by atoms with Gasteiger partial charge in [-0.05, 0) is 13.3 Å². The Morgan fingerprint density at radius 1 is 1.55 bits per heavy atom. The second-order valence-corrected chi connectivity index (χ2v) is 4.82. The lowest BCUT2D eigenvalue weighted by Crippen LogP contribution is -2.29. The van der Waals surface area contributed by atoms with Gasteiger partial charge in [0, 0.05) is 24.9 Å². The van der Waals surface area contributed by atoms with Gasteiger partial charge in [-0.15, -0.1) is 0 Å². The number of amides is 1. The van der Waals surface area contributed by atoms with Gasteiger partial charge in [0.15, 0.2) is 0 Å². The number of H-pyrrole nitrogens is 1. The van der Waals surface area contributed by atoms with Gasteiger partial charge in [-0.3, -0.25) is 9.89 Å². The highest BCUT2D eigenvalue weighted by molar-refractivity contribution is 5.76. The van der Waals surface area contributed by atoms with E-state index in [1.807, 2.05) is 17.7 Å². The van der Waals surface area contributed by atoms with Crippen LogP contribution >= 0.6 is 0 Å². The average molecular weight is 276 g/mol. The van der Waals surface area contributed by atoms with Gasteiger partial charge in [0.25, 0.3) is 0 Å². The Bertz CT molecular complexity index is 507. The number of hydrogen-bond donors (Lipinski definition) is 2. The molecule has 0 saturated carbocycles. The van der Waals surface area contributed by atoms with Crippen molar-refractivity contribution in [2.24, 2.45) is 0 Å². The van der Waals surface area contributed by atoms with Crippen LogP contribution in [0.4, 0.5) is 0 Å². The number of aromatic nitrogens is 5. The van der Waals surface area contributed by atoms with Crippen LogP contribution in [0.1, 0.15) is 51.0 Å². The maximum absolute atomic E-state index is 12.1. The fourth-order valence-electron chi connectivity index (χ4n) is 2.18. The lowest BCUT2D eigenvalue weighted by atomic mass is 10.1. The molecule has 108 valence electrons. The molecular weight excluding hydrogens is 256 g/mol. The van der Waals surface area contributed by atoms with E-state index < -0.39 is 0 Å². The molecule has 20 heavy (non-hydrogen) atoms. The molecule has 0 aliphatic carbocycles. The normalized spacial score (nSPS) is 13.9. The standard InChI is InChI=1S/C13H20N6O/c1-3-4-11(19-6-5-14-9-19)7-12(20)17-10(2)13-15-8-16-18-13/h5-6,8-11H,3-4,7H2,1-2H3,(H,17,20)(H,15,16,18). The van der Waals surface area contributed by atoms with Gasteiger partial charge in [-0.1, -0.05) is 13.3 Å². The molecule has 2 N–H and O–H groups in total. The number of nitrogens with zero attached hydrogens (tertiary/aromatic N) is 4. The Labute approximate surface area is 117 Å². The Kier molecular flexibility index (Phi) is 4.86. The second-order valence-electron chi connectivity index (χ2n) is 4.82. The van der Waals surface area contributed by atoms with Crippen LogP contribution in [0, 0.1) is 0 Å². The van der Waals surface area contributed by atoms with Crippen LogP contribution in [0.15, 0.2) is 25.0 Å². The summed E-state index contributed by atoms with van der Waals surface area (Å²) in [5.41, 5.74) is 0. The van der Waals surface area contributed by atoms with E-state index in [9.17, 15) is 4.79 Å². The van der Waals surface area contributed by atoms with Crippen molar-refractivity contribution in [1.82, 2.24) is 30.0 Å². The first kappa shape index (κ1) is 14.2.